The topological polar surface area (TPSA) is 71.8 Å². The Bertz CT molecular complexity index is 817. The average molecular weight is 515 g/mol. The summed E-state index contributed by atoms with van der Waals surface area (Å²) in [5, 5.41) is 7.90. The van der Waals surface area contributed by atoms with Crippen molar-refractivity contribution in [3.8, 4) is 5.69 Å². The number of rotatable bonds is 5. The van der Waals surface area contributed by atoms with E-state index in [2.05, 4.69) is 20.3 Å². The number of guanidine groups is 1. The first-order valence-corrected chi connectivity index (χ1v) is 9.44. The van der Waals surface area contributed by atoms with Gasteiger partial charge in [0.05, 0.1) is 24.4 Å². The fourth-order valence-electron chi connectivity index (χ4n) is 3.36. The quantitative estimate of drug-likeness (QED) is 0.287. The van der Waals surface area contributed by atoms with E-state index in [1.54, 1.807) is 23.9 Å². The van der Waals surface area contributed by atoms with E-state index < -0.39 is 0 Å². The van der Waals surface area contributed by atoms with Gasteiger partial charge in [-0.2, -0.15) is 5.10 Å². The maximum absolute atomic E-state index is 13.0. The summed E-state index contributed by atoms with van der Waals surface area (Å²) in [5.74, 6) is 0.428. The summed E-state index contributed by atoms with van der Waals surface area (Å²) in [7, 11) is 3.20. The number of piperidine rings is 1. The molecule has 1 saturated heterocycles. The SMILES string of the molecule is CN=C(NCCc1ccn(-c2ccc(F)cc2)n1)N1CCC(C(=O)OC)CC1.I. The lowest BCUT2D eigenvalue weighted by atomic mass is 9.97. The lowest BCUT2D eigenvalue weighted by Crippen LogP contribution is -2.47. The third kappa shape index (κ3) is 6.15. The standard InChI is InChI=1S/C20H26FN5O2.HI/c1-22-20(25-12-8-15(9-13-25)19(27)28-2)23-11-7-17-10-14-26(24-17)18-5-3-16(21)4-6-18;/h3-6,10,14-15H,7-9,11-13H2,1-2H3,(H,22,23);1H. The summed E-state index contributed by atoms with van der Waals surface area (Å²) in [6.07, 6.45) is 4.16. The predicted molar refractivity (Wildman–Crippen MR) is 120 cm³/mol. The minimum Gasteiger partial charge on any atom is -0.469 e. The van der Waals surface area contributed by atoms with Gasteiger partial charge in [0.25, 0.3) is 0 Å². The van der Waals surface area contributed by atoms with Crippen LogP contribution in [0.5, 0.6) is 0 Å². The van der Waals surface area contributed by atoms with Gasteiger partial charge in [0.2, 0.25) is 0 Å². The number of aromatic nitrogens is 2. The van der Waals surface area contributed by atoms with Crippen LogP contribution in [0.3, 0.4) is 0 Å². The molecule has 2 aromatic rings. The number of methoxy groups -OCH3 is 1. The van der Waals surface area contributed by atoms with E-state index in [-0.39, 0.29) is 41.7 Å². The summed E-state index contributed by atoms with van der Waals surface area (Å²) in [4.78, 5) is 18.2. The number of esters is 1. The van der Waals surface area contributed by atoms with Gasteiger partial charge in [-0.25, -0.2) is 9.07 Å². The minimum atomic E-state index is -0.262. The van der Waals surface area contributed by atoms with E-state index in [9.17, 15) is 9.18 Å². The minimum absolute atomic E-state index is 0. The molecule has 2 heterocycles. The van der Waals surface area contributed by atoms with Crippen LogP contribution in [0.25, 0.3) is 5.69 Å². The summed E-state index contributed by atoms with van der Waals surface area (Å²) in [5.41, 5.74) is 1.77. The number of hydrogen-bond acceptors (Lipinski definition) is 4. The normalized spacial score (nSPS) is 15.0. The smallest absolute Gasteiger partial charge is 0.308 e. The van der Waals surface area contributed by atoms with Crippen LogP contribution in [-0.4, -0.2) is 60.4 Å². The van der Waals surface area contributed by atoms with E-state index in [0.717, 1.165) is 49.7 Å². The zero-order valence-corrected chi connectivity index (χ0v) is 19.0. The van der Waals surface area contributed by atoms with Gasteiger partial charge in [-0.05, 0) is 43.2 Å². The maximum atomic E-state index is 13.0. The average Bonchev–Trinajstić information content (AvgIpc) is 3.20. The number of halogens is 2. The molecule has 1 aromatic carbocycles. The highest BCUT2D eigenvalue weighted by Crippen LogP contribution is 2.18. The molecule has 0 amide bonds. The molecular formula is C20H27FIN5O2. The Morgan fingerprint density at radius 3 is 2.59 bits per heavy atom. The largest absolute Gasteiger partial charge is 0.469 e. The monoisotopic (exact) mass is 515 g/mol. The number of nitrogens with one attached hydrogen (secondary N) is 1. The molecule has 0 radical (unpaired) electrons. The maximum Gasteiger partial charge on any atom is 0.308 e. The Balaban J connectivity index is 0.00000300. The van der Waals surface area contributed by atoms with Gasteiger partial charge < -0.3 is 15.0 Å². The number of carbonyl (C=O) groups is 1. The molecule has 3 rings (SSSR count). The molecular weight excluding hydrogens is 488 g/mol. The van der Waals surface area contributed by atoms with Crippen molar-refractivity contribution >= 4 is 35.9 Å². The first-order chi connectivity index (χ1) is 13.6. The van der Waals surface area contributed by atoms with Crippen molar-refractivity contribution in [1.82, 2.24) is 20.0 Å². The number of carbonyl (C=O) groups excluding carboxylic acids is 1. The van der Waals surface area contributed by atoms with Crippen molar-refractivity contribution in [1.29, 1.82) is 0 Å². The van der Waals surface area contributed by atoms with Crippen LogP contribution in [0.2, 0.25) is 0 Å². The molecule has 1 fully saturated rings. The Labute approximate surface area is 187 Å². The predicted octanol–water partition coefficient (Wildman–Crippen LogP) is 2.63. The first kappa shape index (κ1) is 23.1. The number of benzene rings is 1. The summed E-state index contributed by atoms with van der Waals surface area (Å²) < 4.78 is 19.6. The second-order valence-electron chi connectivity index (χ2n) is 6.74. The van der Waals surface area contributed by atoms with Crippen molar-refractivity contribution in [2.75, 3.05) is 33.8 Å². The molecule has 1 aliphatic rings. The van der Waals surface area contributed by atoms with Crippen LogP contribution < -0.4 is 5.32 Å². The highest BCUT2D eigenvalue weighted by atomic mass is 127. The highest BCUT2D eigenvalue weighted by molar-refractivity contribution is 14.0. The van der Waals surface area contributed by atoms with Gasteiger partial charge in [-0.15, -0.1) is 24.0 Å². The molecule has 0 bridgehead atoms. The molecule has 9 heteroatoms. The molecule has 1 aromatic heterocycles. The van der Waals surface area contributed by atoms with Crippen molar-refractivity contribution < 1.29 is 13.9 Å². The Hall–Kier alpha value is -2.17. The van der Waals surface area contributed by atoms with Crippen LogP contribution >= 0.6 is 24.0 Å². The fourth-order valence-corrected chi connectivity index (χ4v) is 3.36. The molecule has 0 aliphatic carbocycles. The molecule has 0 unspecified atom stereocenters. The Kier molecular flexibility index (Phi) is 8.87. The lowest BCUT2D eigenvalue weighted by Gasteiger charge is -2.33. The third-order valence-corrected chi connectivity index (χ3v) is 4.94. The number of likely N-dealkylation sites (tertiary alicyclic amines) is 1. The van der Waals surface area contributed by atoms with Crippen LogP contribution in [0, 0.1) is 11.7 Å². The van der Waals surface area contributed by atoms with Crippen molar-refractivity contribution in [3.05, 3.63) is 48.0 Å². The Morgan fingerprint density at radius 2 is 1.97 bits per heavy atom. The molecule has 0 spiro atoms. The summed E-state index contributed by atoms with van der Waals surface area (Å²) >= 11 is 0. The molecule has 7 nitrogen and oxygen atoms in total. The first-order valence-electron chi connectivity index (χ1n) is 9.44. The Morgan fingerprint density at radius 1 is 1.28 bits per heavy atom. The zero-order chi connectivity index (χ0) is 19.9. The summed E-state index contributed by atoms with van der Waals surface area (Å²) in [6.45, 7) is 2.25. The molecule has 29 heavy (non-hydrogen) atoms. The van der Waals surface area contributed by atoms with Crippen LogP contribution in [-0.2, 0) is 16.0 Å². The molecule has 158 valence electrons. The molecule has 1 N–H and O–H groups in total. The molecule has 0 saturated carbocycles. The van der Waals surface area contributed by atoms with Gasteiger partial charge in [0.1, 0.15) is 5.82 Å². The van der Waals surface area contributed by atoms with Gasteiger partial charge in [0, 0.05) is 39.3 Å². The van der Waals surface area contributed by atoms with Crippen molar-refractivity contribution in [2.45, 2.75) is 19.3 Å². The molecule has 0 atom stereocenters. The number of nitrogens with zero attached hydrogens (tertiary/aromatic N) is 4. The second kappa shape index (κ2) is 11.1. The van der Waals surface area contributed by atoms with Crippen LogP contribution in [0.15, 0.2) is 41.5 Å². The van der Waals surface area contributed by atoms with E-state index in [1.165, 1.54) is 19.2 Å². The van der Waals surface area contributed by atoms with Gasteiger partial charge in [-0.3, -0.25) is 9.79 Å². The van der Waals surface area contributed by atoms with Gasteiger partial charge in [-0.1, -0.05) is 0 Å². The van der Waals surface area contributed by atoms with Crippen molar-refractivity contribution in [2.24, 2.45) is 10.9 Å². The summed E-state index contributed by atoms with van der Waals surface area (Å²) in [6, 6.07) is 8.20. The van der Waals surface area contributed by atoms with Gasteiger partial charge in [0.15, 0.2) is 5.96 Å². The molecule has 1 aliphatic heterocycles. The van der Waals surface area contributed by atoms with E-state index in [1.807, 2.05) is 12.3 Å². The number of ether oxygens (including phenoxy) is 1. The highest BCUT2D eigenvalue weighted by Gasteiger charge is 2.26. The van der Waals surface area contributed by atoms with Gasteiger partial charge >= 0.3 is 5.97 Å². The van der Waals surface area contributed by atoms with Crippen molar-refractivity contribution in [3.63, 3.8) is 0 Å². The number of aliphatic imine (C=N–C) groups is 1. The third-order valence-electron chi connectivity index (χ3n) is 4.94. The van der Waals surface area contributed by atoms with Crippen LogP contribution in [0.1, 0.15) is 18.5 Å². The fraction of sp³-hybridized carbons (Fsp3) is 0.450. The van der Waals surface area contributed by atoms with Crippen LogP contribution in [0.4, 0.5) is 4.39 Å². The zero-order valence-electron chi connectivity index (χ0n) is 16.7. The van der Waals surface area contributed by atoms with E-state index >= 15 is 0 Å². The second-order valence-corrected chi connectivity index (χ2v) is 6.74. The van der Waals surface area contributed by atoms with E-state index in [4.69, 9.17) is 4.74 Å². The van der Waals surface area contributed by atoms with E-state index in [0.29, 0.717) is 6.54 Å². The lowest BCUT2D eigenvalue weighted by molar-refractivity contribution is -0.146. The number of hydrogen-bond donors (Lipinski definition) is 1.